The van der Waals surface area contributed by atoms with E-state index in [-0.39, 0.29) is 0 Å². The third kappa shape index (κ3) is 3.36. The lowest BCUT2D eigenvalue weighted by Gasteiger charge is -2.15. The van der Waals surface area contributed by atoms with Crippen molar-refractivity contribution in [2.45, 2.75) is 32.8 Å². The molecule has 0 radical (unpaired) electrons. The summed E-state index contributed by atoms with van der Waals surface area (Å²) in [6, 6.07) is 9.87. The van der Waals surface area contributed by atoms with Crippen LogP contribution in [0.5, 0.6) is 5.75 Å². The normalized spacial score (nSPS) is 12.2. The molecule has 1 aromatic heterocycles. The Morgan fingerprint density at radius 3 is 2.65 bits per heavy atom. The van der Waals surface area contributed by atoms with Crippen molar-refractivity contribution in [3.05, 3.63) is 58.9 Å². The highest BCUT2D eigenvalue weighted by atomic mass is 16.5. The summed E-state index contributed by atoms with van der Waals surface area (Å²) >= 11 is 0. The van der Waals surface area contributed by atoms with Gasteiger partial charge in [0.2, 0.25) is 0 Å². The Kier molecular flexibility index (Phi) is 4.74. The van der Waals surface area contributed by atoms with Gasteiger partial charge in [-0.2, -0.15) is 0 Å². The van der Waals surface area contributed by atoms with Crippen LogP contribution in [-0.4, -0.2) is 17.2 Å². The maximum Gasteiger partial charge on any atom is 0.124 e. The van der Waals surface area contributed by atoms with Gasteiger partial charge in [0.15, 0.2) is 0 Å². The molecule has 2 rings (SSSR count). The predicted octanol–water partition coefficient (Wildman–Crippen LogP) is 3.24. The second-order valence-corrected chi connectivity index (χ2v) is 4.98. The summed E-state index contributed by atoms with van der Waals surface area (Å²) in [7, 11) is 1.62. The van der Waals surface area contributed by atoms with Crippen molar-refractivity contribution in [1.29, 1.82) is 0 Å². The molecule has 1 unspecified atom stereocenters. The Morgan fingerprint density at radius 2 is 2.05 bits per heavy atom. The maximum atomic E-state index is 10.4. The number of pyridine rings is 1. The molecule has 1 atom stereocenters. The van der Waals surface area contributed by atoms with Crippen molar-refractivity contribution in [3.8, 4) is 5.75 Å². The van der Waals surface area contributed by atoms with Crippen LogP contribution < -0.4 is 4.74 Å². The first-order chi connectivity index (χ1) is 9.63. The first-order valence-electron chi connectivity index (χ1n) is 6.90. The van der Waals surface area contributed by atoms with E-state index in [2.05, 4.69) is 18.0 Å². The first-order valence-corrected chi connectivity index (χ1v) is 6.90. The number of hydrogen-bond acceptors (Lipinski definition) is 3. The van der Waals surface area contributed by atoms with E-state index in [4.69, 9.17) is 4.74 Å². The summed E-state index contributed by atoms with van der Waals surface area (Å²) in [5.74, 6) is 0.725. The maximum absolute atomic E-state index is 10.4. The Bertz CT molecular complexity index is 564. The minimum atomic E-state index is -0.606. The fourth-order valence-corrected chi connectivity index (χ4v) is 2.19. The van der Waals surface area contributed by atoms with E-state index in [9.17, 15) is 5.11 Å². The lowest BCUT2D eigenvalue weighted by Crippen LogP contribution is -2.05. The second kappa shape index (κ2) is 6.53. The van der Waals surface area contributed by atoms with Crippen molar-refractivity contribution in [2.24, 2.45) is 0 Å². The number of rotatable bonds is 5. The quantitative estimate of drug-likeness (QED) is 0.907. The van der Waals surface area contributed by atoms with Crippen LogP contribution in [0.4, 0.5) is 0 Å². The van der Waals surface area contributed by atoms with Crippen molar-refractivity contribution >= 4 is 0 Å². The van der Waals surface area contributed by atoms with Gasteiger partial charge in [-0.25, -0.2) is 0 Å². The molecule has 1 heterocycles. The predicted molar refractivity (Wildman–Crippen MR) is 80.0 cm³/mol. The average Bonchev–Trinajstić information content (AvgIpc) is 2.47. The van der Waals surface area contributed by atoms with E-state index >= 15 is 0 Å². The molecule has 0 saturated carbocycles. The largest absolute Gasteiger partial charge is 0.496 e. The van der Waals surface area contributed by atoms with E-state index in [1.807, 2.05) is 37.4 Å². The van der Waals surface area contributed by atoms with Crippen molar-refractivity contribution in [2.75, 3.05) is 7.11 Å². The smallest absolute Gasteiger partial charge is 0.124 e. The van der Waals surface area contributed by atoms with Crippen molar-refractivity contribution in [3.63, 3.8) is 0 Å². The van der Waals surface area contributed by atoms with Crippen LogP contribution in [0.2, 0.25) is 0 Å². The minimum absolute atomic E-state index is 0.489. The molecule has 3 heteroatoms. The van der Waals surface area contributed by atoms with Gasteiger partial charge in [-0.05, 0) is 36.6 Å². The second-order valence-electron chi connectivity index (χ2n) is 4.98. The number of methoxy groups -OCH3 is 1. The molecular weight excluding hydrogens is 250 g/mol. The van der Waals surface area contributed by atoms with E-state index < -0.39 is 6.10 Å². The molecule has 0 aliphatic carbocycles. The Hall–Kier alpha value is -1.87. The van der Waals surface area contributed by atoms with Crippen LogP contribution in [0.15, 0.2) is 36.5 Å². The zero-order valence-corrected chi connectivity index (χ0v) is 12.3. The van der Waals surface area contributed by atoms with Gasteiger partial charge >= 0.3 is 0 Å². The number of nitrogens with zero attached hydrogens (tertiary/aromatic N) is 1. The minimum Gasteiger partial charge on any atom is -0.496 e. The SMILES string of the molecule is CCc1ccc(CC(O)c2ccc(C)cc2OC)nc1. The first kappa shape index (κ1) is 14.5. The van der Waals surface area contributed by atoms with Gasteiger partial charge < -0.3 is 9.84 Å². The van der Waals surface area contributed by atoms with Crippen LogP contribution in [-0.2, 0) is 12.8 Å². The summed E-state index contributed by atoms with van der Waals surface area (Å²) in [5.41, 5.74) is 4.01. The van der Waals surface area contributed by atoms with E-state index in [1.54, 1.807) is 7.11 Å². The molecular formula is C17H21NO2. The molecule has 106 valence electrons. The molecule has 0 aliphatic heterocycles. The molecule has 1 N–H and O–H groups in total. The fourth-order valence-electron chi connectivity index (χ4n) is 2.19. The Morgan fingerprint density at radius 1 is 1.25 bits per heavy atom. The zero-order valence-electron chi connectivity index (χ0n) is 12.3. The molecule has 0 fully saturated rings. The molecule has 0 bridgehead atoms. The van der Waals surface area contributed by atoms with Crippen LogP contribution in [0, 0.1) is 6.92 Å². The third-order valence-electron chi connectivity index (χ3n) is 3.44. The summed E-state index contributed by atoms with van der Waals surface area (Å²) in [5, 5.41) is 10.4. The molecule has 3 nitrogen and oxygen atoms in total. The van der Waals surface area contributed by atoms with Crippen LogP contribution in [0.1, 0.15) is 35.4 Å². The fraction of sp³-hybridized carbons (Fsp3) is 0.353. The standard InChI is InChI=1S/C17H21NO2/c1-4-13-6-7-14(18-11-13)10-16(19)15-8-5-12(2)9-17(15)20-3/h5-9,11,16,19H,4,10H2,1-3H3. The number of aliphatic hydroxyl groups is 1. The highest BCUT2D eigenvalue weighted by Gasteiger charge is 2.14. The lowest BCUT2D eigenvalue weighted by atomic mass is 10.0. The number of aromatic nitrogens is 1. The lowest BCUT2D eigenvalue weighted by molar-refractivity contribution is 0.173. The van der Waals surface area contributed by atoms with Gasteiger partial charge in [0.1, 0.15) is 5.75 Å². The average molecular weight is 271 g/mol. The molecule has 0 spiro atoms. The van der Waals surface area contributed by atoms with Gasteiger partial charge in [0.05, 0.1) is 13.2 Å². The van der Waals surface area contributed by atoms with Gasteiger partial charge in [-0.1, -0.05) is 25.1 Å². The summed E-state index contributed by atoms with van der Waals surface area (Å²) in [4.78, 5) is 4.39. The highest BCUT2D eigenvalue weighted by Crippen LogP contribution is 2.28. The third-order valence-corrected chi connectivity index (χ3v) is 3.44. The Labute approximate surface area is 120 Å². The molecule has 0 saturated heterocycles. The number of aryl methyl sites for hydroxylation is 2. The van der Waals surface area contributed by atoms with Crippen molar-refractivity contribution < 1.29 is 9.84 Å². The number of ether oxygens (including phenoxy) is 1. The molecule has 1 aromatic carbocycles. The molecule has 0 amide bonds. The highest BCUT2D eigenvalue weighted by molar-refractivity contribution is 5.39. The number of hydrogen-bond donors (Lipinski definition) is 1. The monoisotopic (exact) mass is 271 g/mol. The summed E-state index contributed by atoms with van der Waals surface area (Å²) in [6.45, 7) is 4.10. The van der Waals surface area contributed by atoms with E-state index in [1.165, 1.54) is 5.56 Å². The van der Waals surface area contributed by atoms with Gasteiger partial charge in [-0.3, -0.25) is 4.98 Å². The van der Waals surface area contributed by atoms with Crippen LogP contribution in [0.25, 0.3) is 0 Å². The van der Waals surface area contributed by atoms with Gasteiger partial charge in [0.25, 0.3) is 0 Å². The zero-order chi connectivity index (χ0) is 14.5. The van der Waals surface area contributed by atoms with Gasteiger partial charge in [0, 0.05) is 23.9 Å². The Balaban J connectivity index is 2.16. The topological polar surface area (TPSA) is 42.4 Å². The van der Waals surface area contributed by atoms with E-state index in [0.29, 0.717) is 6.42 Å². The number of aliphatic hydroxyl groups excluding tert-OH is 1. The van der Waals surface area contributed by atoms with Crippen LogP contribution >= 0.6 is 0 Å². The number of benzene rings is 1. The summed E-state index contributed by atoms with van der Waals surface area (Å²) < 4.78 is 5.34. The van der Waals surface area contributed by atoms with E-state index in [0.717, 1.165) is 29.0 Å². The molecule has 0 aliphatic rings. The molecule has 2 aromatic rings. The summed E-state index contributed by atoms with van der Waals surface area (Å²) in [6.07, 6.45) is 2.73. The van der Waals surface area contributed by atoms with Crippen LogP contribution in [0.3, 0.4) is 0 Å². The van der Waals surface area contributed by atoms with Crippen molar-refractivity contribution in [1.82, 2.24) is 4.98 Å². The molecule has 20 heavy (non-hydrogen) atoms. The van der Waals surface area contributed by atoms with Gasteiger partial charge in [-0.15, -0.1) is 0 Å².